The molecule has 1 aliphatic heterocycles. The molecular formula is C16H19FN2O. The second kappa shape index (κ2) is 5.75. The Morgan fingerprint density at radius 3 is 3.15 bits per heavy atom. The van der Waals surface area contributed by atoms with Crippen LogP contribution in [0.15, 0.2) is 30.5 Å². The number of halogens is 1. The lowest BCUT2D eigenvalue weighted by Gasteiger charge is -2.34. The number of fused-ring (bicyclic) bond motifs is 1. The highest BCUT2D eigenvalue weighted by molar-refractivity contribution is 5.91. The summed E-state index contributed by atoms with van der Waals surface area (Å²) in [5, 5.41) is 0.894. The quantitative estimate of drug-likeness (QED) is 0.859. The molecule has 0 N–H and O–H groups in total. The minimum atomic E-state index is -0.255. The van der Waals surface area contributed by atoms with Gasteiger partial charge in [-0.15, -0.1) is 0 Å². The van der Waals surface area contributed by atoms with E-state index in [1.165, 1.54) is 12.5 Å². The molecule has 0 aliphatic carbocycles. The maximum atomic E-state index is 13.8. The van der Waals surface area contributed by atoms with E-state index in [0.717, 1.165) is 37.2 Å². The molecule has 0 bridgehead atoms. The molecule has 1 aliphatic rings. The van der Waals surface area contributed by atoms with E-state index in [0.29, 0.717) is 11.4 Å². The molecule has 106 valence electrons. The minimum Gasteiger partial charge on any atom is -0.384 e. The number of nitrogens with zero attached hydrogens (tertiary/aromatic N) is 2. The molecule has 3 nitrogen and oxygen atoms in total. The first-order valence-corrected chi connectivity index (χ1v) is 7.06. The van der Waals surface area contributed by atoms with E-state index in [1.54, 1.807) is 19.4 Å². The average molecular weight is 274 g/mol. The van der Waals surface area contributed by atoms with Crippen LogP contribution < -0.4 is 4.90 Å². The van der Waals surface area contributed by atoms with Crippen molar-refractivity contribution in [3.63, 3.8) is 0 Å². The van der Waals surface area contributed by atoms with Crippen LogP contribution in [0.4, 0.5) is 10.1 Å². The Morgan fingerprint density at radius 1 is 1.40 bits per heavy atom. The van der Waals surface area contributed by atoms with E-state index in [1.807, 2.05) is 12.1 Å². The number of aromatic nitrogens is 1. The largest absolute Gasteiger partial charge is 0.384 e. The van der Waals surface area contributed by atoms with Crippen molar-refractivity contribution in [2.75, 3.05) is 31.7 Å². The Bertz CT molecular complexity index is 600. The zero-order valence-corrected chi connectivity index (χ0v) is 11.7. The summed E-state index contributed by atoms with van der Waals surface area (Å²) in [6.07, 6.45) is 4.04. The van der Waals surface area contributed by atoms with Gasteiger partial charge in [0.25, 0.3) is 0 Å². The van der Waals surface area contributed by atoms with Crippen molar-refractivity contribution >= 4 is 16.6 Å². The zero-order chi connectivity index (χ0) is 13.9. The standard InChI is InChI=1S/C16H19FN2O/c1-20-11-12-4-3-9-19(10-12)15-7-8-18-16-13(15)5-2-6-14(16)17/h2,5-8,12H,3-4,9-11H2,1H3/t12-/m1/s1. The van der Waals surface area contributed by atoms with Crippen LogP contribution in [0.5, 0.6) is 0 Å². The maximum absolute atomic E-state index is 13.8. The first-order valence-electron chi connectivity index (χ1n) is 7.06. The van der Waals surface area contributed by atoms with Crippen molar-refractivity contribution in [2.24, 2.45) is 5.92 Å². The van der Waals surface area contributed by atoms with Gasteiger partial charge in [-0.2, -0.15) is 0 Å². The number of pyridine rings is 1. The fraction of sp³-hybridized carbons (Fsp3) is 0.438. The number of hydrogen-bond acceptors (Lipinski definition) is 3. The van der Waals surface area contributed by atoms with Crippen LogP contribution >= 0.6 is 0 Å². The summed E-state index contributed by atoms with van der Waals surface area (Å²) in [5.74, 6) is 0.292. The Hall–Kier alpha value is -1.68. The van der Waals surface area contributed by atoms with Crippen LogP contribution in [-0.4, -0.2) is 31.8 Å². The average Bonchev–Trinajstić information content (AvgIpc) is 2.48. The third kappa shape index (κ3) is 2.48. The molecule has 1 aromatic carbocycles. The van der Waals surface area contributed by atoms with Crippen molar-refractivity contribution in [1.29, 1.82) is 0 Å². The maximum Gasteiger partial charge on any atom is 0.149 e. The molecule has 1 aromatic heterocycles. The molecule has 0 amide bonds. The van der Waals surface area contributed by atoms with Crippen molar-refractivity contribution in [3.8, 4) is 0 Å². The number of rotatable bonds is 3. The Balaban J connectivity index is 1.95. The van der Waals surface area contributed by atoms with E-state index < -0.39 is 0 Å². The highest BCUT2D eigenvalue weighted by atomic mass is 19.1. The lowest BCUT2D eigenvalue weighted by molar-refractivity contribution is 0.143. The number of methoxy groups -OCH3 is 1. The van der Waals surface area contributed by atoms with Crippen molar-refractivity contribution < 1.29 is 9.13 Å². The van der Waals surface area contributed by atoms with E-state index in [-0.39, 0.29) is 5.82 Å². The zero-order valence-electron chi connectivity index (χ0n) is 11.7. The van der Waals surface area contributed by atoms with E-state index >= 15 is 0 Å². The van der Waals surface area contributed by atoms with E-state index in [9.17, 15) is 4.39 Å². The van der Waals surface area contributed by atoms with Crippen molar-refractivity contribution in [3.05, 3.63) is 36.3 Å². The van der Waals surface area contributed by atoms with Crippen LogP contribution in [0, 0.1) is 11.7 Å². The highest BCUT2D eigenvalue weighted by Crippen LogP contribution is 2.30. The highest BCUT2D eigenvalue weighted by Gasteiger charge is 2.21. The fourth-order valence-corrected chi connectivity index (χ4v) is 3.06. The summed E-state index contributed by atoms with van der Waals surface area (Å²) in [6, 6.07) is 7.14. The van der Waals surface area contributed by atoms with Crippen LogP contribution in [-0.2, 0) is 4.74 Å². The fourth-order valence-electron chi connectivity index (χ4n) is 3.06. The first-order chi connectivity index (χ1) is 9.79. The Morgan fingerprint density at radius 2 is 2.30 bits per heavy atom. The van der Waals surface area contributed by atoms with Gasteiger partial charge in [0.1, 0.15) is 11.3 Å². The topological polar surface area (TPSA) is 25.4 Å². The molecule has 0 radical (unpaired) electrons. The molecule has 3 rings (SSSR count). The second-order valence-electron chi connectivity index (χ2n) is 5.38. The summed E-state index contributed by atoms with van der Waals surface area (Å²) in [6.45, 7) is 2.76. The lowest BCUT2D eigenvalue weighted by Crippen LogP contribution is -2.37. The Labute approximate surface area is 118 Å². The number of ether oxygens (including phenoxy) is 1. The summed E-state index contributed by atoms with van der Waals surface area (Å²) < 4.78 is 19.1. The van der Waals surface area contributed by atoms with Gasteiger partial charge in [-0.25, -0.2) is 4.39 Å². The van der Waals surface area contributed by atoms with E-state index in [2.05, 4.69) is 9.88 Å². The van der Waals surface area contributed by atoms with Gasteiger partial charge in [-0.1, -0.05) is 12.1 Å². The van der Waals surface area contributed by atoms with Crippen molar-refractivity contribution in [2.45, 2.75) is 12.8 Å². The number of para-hydroxylation sites is 1. The molecule has 1 saturated heterocycles. The molecule has 2 aromatic rings. The minimum absolute atomic E-state index is 0.255. The Kier molecular flexibility index (Phi) is 3.83. The molecule has 0 unspecified atom stereocenters. The number of anilines is 1. The third-order valence-electron chi connectivity index (χ3n) is 3.96. The van der Waals surface area contributed by atoms with Crippen LogP contribution in [0.3, 0.4) is 0 Å². The van der Waals surface area contributed by atoms with Gasteiger partial charge in [-0.05, 0) is 30.9 Å². The second-order valence-corrected chi connectivity index (χ2v) is 5.38. The van der Waals surface area contributed by atoms with E-state index in [4.69, 9.17) is 4.74 Å². The van der Waals surface area contributed by atoms with Crippen LogP contribution in [0.1, 0.15) is 12.8 Å². The SMILES string of the molecule is COC[C@@H]1CCCN(c2ccnc3c(F)cccc23)C1. The molecular weight excluding hydrogens is 255 g/mol. The van der Waals surface area contributed by atoms with Crippen LogP contribution in [0.25, 0.3) is 10.9 Å². The van der Waals surface area contributed by atoms with Gasteiger partial charge in [-0.3, -0.25) is 4.98 Å². The normalized spacial score (nSPS) is 19.5. The molecule has 2 heterocycles. The lowest BCUT2D eigenvalue weighted by atomic mass is 9.98. The molecule has 20 heavy (non-hydrogen) atoms. The molecule has 0 spiro atoms. The molecule has 1 fully saturated rings. The smallest absolute Gasteiger partial charge is 0.149 e. The molecule has 0 saturated carbocycles. The van der Waals surface area contributed by atoms with Crippen molar-refractivity contribution in [1.82, 2.24) is 4.98 Å². The van der Waals surface area contributed by atoms with Gasteiger partial charge >= 0.3 is 0 Å². The van der Waals surface area contributed by atoms with Gasteiger partial charge in [0.15, 0.2) is 0 Å². The van der Waals surface area contributed by atoms with Gasteiger partial charge in [0.05, 0.1) is 6.61 Å². The summed E-state index contributed by atoms with van der Waals surface area (Å²) in [7, 11) is 1.75. The number of piperidine rings is 1. The third-order valence-corrected chi connectivity index (χ3v) is 3.96. The predicted octanol–water partition coefficient (Wildman–Crippen LogP) is 3.24. The summed E-state index contributed by atoms with van der Waals surface area (Å²) in [4.78, 5) is 6.50. The predicted molar refractivity (Wildman–Crippen MR) is 78.5 cm³/mol. The van der Waals surface area contributed by atoms with Gasteiger partial charge < -0.3 is 9.64 Å². The van der Waals surface area contributed by atoms with Gasteiger partial charge in [0, 0.05) is 37.5 Å². The number of benzene rings is 1. The van der Waals surface area contributed by atoms with Crippen LogP contribution in [0.2, 0.25) is 0 Å². The molecule has 1 atom stereocenters. The molecule has 4 heteroatoms. The first kappa shape index (κ1) is 13.3. The monoisotopic (exact) mass is 274 g/mol. The number of hydrogen-bond donors (Lipinski definition) is 0. The van der Waals surface area contributed by atoms with Gasteiger partial charge in [0.2, 0.25) is 0 Å². The summed E-state index contributed by atoms with van der Waals surface area (Å²) in [5.41, 5.74) is 1.54. The summed E-state index contributed by atoms with van der Waals surface area (Å²) >= 11 is 0.